The quantitative estimate of drug-likeness (QED) is 0.813. The predicted octanol–water partition coefficient (Wildman–Crippen LogP) is 4.10. The highest BCUT2D eigenvalue weighted by molar-refractivity contribution is 5.94. The molecule has 0 saturated heterocycles. The molecule has 0 aromatic heterocycles. The predicted molar refractivity (Wildman–Crippen MR) is 81.9 cm³/mol. The first-order valence-corrected chi connectivity index (χ1v) is 7.71. The molecule has 1 aromatic carbocycles. The number of benzene rings is 1. The maximum Gasteiger partial charge on any atom is 0.228 e. The fraction of sp³-hybridized carbons (Fsp3) is 0.588. The molecule has 3 nitrogen and oxygen atoms in total. The fourth-order valence-corrected chi connectivity index (χ4v) is 2.89. The van der Waals surface area contributed by atoms with Crippen molar-refractivity contribution in [1.82, 2.24) is 0 Å². The average Bonchev–Trinajstić information content (AvgIpc) is 3.09. The number of carbonyl (C=O) groups excluding carboxylic acids is 1. The number of nitrogens with one attached hydrogen (secondary N) is 1. The van der Waals surface area contributed by atoms with Gasteiger partial charge in [0.2, 0.25) is 5.91 Å². The van der Waals surface area contributed by atoms with Gasteiger partial charge < -0.3 is 10.1 Å². The first-order valence-electron chi connectivity index (χ1n) is 7.71. The zero-order chi connectivity index (χ0) is 14.5. The lowest BCUT2D eigenvalue weighted by atomic mass is 10.1. The molecule has 1 aromatic rings. The molecule has 0 bridgehead atoms. The second kappa shape index (κ2) is 6.78. The van der Waals surface area contributed by atoms with Crippen molar-refractivity contribution in [1.29, 1.82) is 0 Å². The zero-order valence-electron chi connectivity index (χ0n) is 12.7. The molecule has 0 spiro atoms. The Labute approximate surface area is 121 Å². The van der Waals surface area contributed by atoms with Gasteiger partial charge in [-0.2, -0.15) is 0 Å². The van der Waals surface area contributed by atoms with Gasteiger partial charge in [-0.05, 0) is 49.4 Å². The molecule has 1 saturated carbocycles. The molecular weight excluding hydrogens is 250 g/mol. The lowest BCUT2D eigenvalue weighted by Gasteiger charge is -2.07. The van der Waals surface area contributed by atoms with Crippen LogP contribution in [0, 0.1) is 17.8 Å². The Bertz CT molecular complexity index is 441. The molecule has 1 amide bonds. The maximum atomic E-state index is 12.2. The van der Waals surface area contributed by atoms with Crippen molar-refractivity contribution in [2.75, 3.05) is 11.9 Å². The van der Waals surface area contributed by atoms with E-state index in [0.717, 1.165) is 11.4 Å². The van der Waals surface area contributed by atoms with Crippen LogP contribution in [0.1, 0.15) is 40.0 Å². The van der Waals surface area contributed by atoms with E-state index in [-0.39, 0.29) is 11.8 Å². The van der Waals surface area contributed by atoms with E-state index in [1.807, 2.05) is 31.2 Å². The van der Waals surface area contributed by atoms with Crippen LogP contribution in [0.25, 0.3) is 0 Å². The minimum atomic E-state index is 0.169. The molecular formula is C17H25NO2. The van der Waals surface area contributed by atoms with E-state index in [0.29, 0.717) is 18.4 Å². The number of carbonyl (C=O) groups is 1. The molecule has 1 aliphatic carbocycles. The molecule has 2 rings (SSSR count). The molecule has 1 N–H and O–H groups in total. The molecule has 0 heterocycles. The topological polar surface area (TPSA) is 38.3 Å². The Kier molecular flexibility index (Phi) is 5.05. The normalized spacial score (nSPS) is 24.2. The second-order valence-electron chi connectivity index (χ2n) is 5.64. The van der Waals surface area contributed by atoms with Crippen LogP contribution < -0.4 is 10.1 Å². The Morgan fingerprint density at radius 3 is 2.55 bits per heavy atom. The first kappa shape index (κ1) is 14.9. The van der Waals surface area contributed by atoms with Gasteiger partial charge in [0.05, 0.1) is 6.61 Å². The van der Waals surface area contributed by atoms with Crippen LogP contribution in [0.3, 0.4) is 0 Å². The Balaban J connectivity index is 1.85. The molecule has 3 atom stereocenters. The largest absolute Gasteiger partial charge is 0.494 e. The maximum absolute atomic E-state index is 12.2. The number of unbranched alkanes of at least 4 members (excludes halogenated alkanes) is 1. The number of amides is 1. The summed E-state index contributed by atoms with van der Waals surface area (Å²) in [7, 11) is 0. The van der Waals surface area contributed by atoms with E-state index in [9.17, 15) is 4.79 Å². The summed E-state index contributed by atoms with van der Waals surface area (Å²) < 4.78 is 5.39. The number of hydrogen-bond acceptors (Lipinski definition) is 2. The van der Waals surface area contributed by atoms with Gasteiger partial charge in [-0.3, -0.25) is 4.79 Å². The van der Waals surface area contributed by atoms with Gasteiger partial charge in [-0.15, -0.1) is 0 Å². The van der Waals surface area contributed by atoms with E-state index in [1.54, 1.807) is 0 Å². The third-order valence-electron chi connectivity index (χ3n) is 4.19. The smallest absolute Gasteiger partial charge is 0.228 e. The highest BCUT2D eigenvalue weighted by Gasteiger charge is 2.50. The van der Waals surface area contributed by atoms with Crippen LogP contribution in [0.5, 0.6) is 5.75 Å². The zero-order valence-corrected chi connectivity index (χ0v) is 12.7. The summed E-state index contributed by atoms with van der Waals surface area (Å²) in [6, 6.07) is 7.59. The molecule has 1 aliphatic rings. The number of hydrogen-bond donors (Lipinski definition) is 1. The Morgan fingerprint density at radius 2 is 1.95 bits per heavy atom. The third kappa shape index (κ3) is 3.53. The number of ether oxygens (including phenoxy) is 1. The standard InChI is InChI=1S/C17H25NO2/c1-4-6-7-15-12(3)16(15)17(19)18-13-8-10-14(11-9-13)20-5-2/h8-12,15-16H,4-7H2,1-3H3,(H,18,19). The van der Waals surface area contributed by atoms with Crippen LogP contribution in [0.15, 0.2) is 24.3 Å². The Hall–Kier alpha value is -1.51. The molecule has 0 aliphatic heterocycles. The van der Waals surface area contributed by atoms with Crippen LogP contribution in [-0.2, 0) is 4.79 Å². The lowest BCUT2D eigenvalue weighted by Crippen LogP contribution is -2.15. The first-order chi connectivity index (χ1) is 9.67. The Morgan fingerprint density at radius 1 is 1.25 bits per heavy atom. The van der Waals surface area contributed by atoms with Crippen LogP contribution >= 0.6 is 0 Å². The van der Waals surface area contributed by atoms with Gasteiger partial charge in [0.1, 0.15) is 5.75 Å². The van der Waals surface area contributed by atoms with E-state index in [1.165, 1.54) is 19.3 Å². The molecule has 110 valence electrons. The highest BCUT2D eigenvalue weighted by Crippen LogP contribution is 2.49. The van der Waals surface area contributed by atoms with Crippen molar-refractivity contribution in [2.24, 2.45) is 17.8 Å². The summed E-state index contributed by atoms with van der Waals surface area (Å²) in [5.74, 6) is 2.32. The molecule has 20 heavy (non-hydrogen) atoms. The molecule has 1 fully saturated rings. The minimum Gasteiger partial charge on any atom is -0.494 e. The van der Waals surface area contributed by atoms with Gasteiger partial charge in [-0.1, -0.05) is 26.7 Å². The van der Waals surface area contributed by atoms with Crippen LogP contribution in [0.4, 0.5) is 5.69 Å². The van der Waals surface area contributed by atoms with Crippen LogP contribution in [0.2, 0.25) is 0 Å². The van der Waals surface area contributed by atoms with Crippen molar-refractivity contribution in [3.63, 3.8) is 0 Å². The van der Waals surface area contributed by atoms with Crippen LogP contribution in [-0.4, -0.2) is 12.5 Å². The van der Waals surface area contributed by atoms with Gasteiger partial charge >= 0.3 is 0 Å². The number of anilines is 1. The SMILES string of the molecule is CCCCC1C(C)C1C(=O)Nc1ccc(OCC)cc1. The molecule has 3 unspecified atom stereocenters. The summed E-state index contributed by atoms with van der Waals surface area (Å²) in [5.41, 5.74) is 0.854. The van der Waals surface area contributed by atoms with Gasteiger partial charge in [-0.25, -0.2) is 0 Å². The summed E-state index contributed by atoms with van der Waals surface area (Å²) in [6.07, 6.45) is 3.61. The van der Waals surface area contributed by atoms with Gasteiger partial charge in [0, 0.05) is 11.6 Å². The van der Waals surface area contributed by atoms with Crippen molar-refractivity contribution in [2.45, 2.75) is 40.0 Å². The third-order valence-corrected chi connectivity index (χ3v) is 4.19. The van der Waals surface area contributed by atoms with Crippen molar-refractivity contribution >= 4 is 11.6 Å². The minimum absolute atomic E-state index is 0.169. The lowest BCUT2D eigenvalue weighted by molar-refractivity contribution is -0.117. The summed E-state index contributed by atoms with van der Waals surface area (Å²) in [4.78, 5) is 12.2. The van der Waals surface area contributed by atoms with E-state index in [2.05, 4.69) is 19.2 Å². The number of rotatable bonds is 7. The van der Waals surface area contributed by atoms with Crippen molar-refractivity contribution in [3.05, 3.63) is 24.3 Å². The summed E-state index contributed by atoms with van der Waals surface area (Å²) in [5, 5.41) is 3.02. The monoisotopic (exact) mass is 275 g/mol. The highest BCUT2D eigenvalue weighted by atomic mass is 16.5. The average molecular weight is 275 g/mol. The fourth-order valence-electron chi connectivity index (χ4n) is 2.89. The molecule has 0 radical (unpaired) electrons. The molecule has 3 heteroatoms. The summed E-state index contributed by atoms with van der Waals surface area (Å²) in [6.45, 7) is 7.00. The second-order valence-corrected chi connectivity index (χ2v) is 5.64. The van der Waals surface area contributed by atoms with E-state index in [4.69, 9.17) is 4.74 Å². The van der Waals surface area contributed by atoms with Crippen molar-refractivity contribution < 1.29 is 9.53 Å². The van der Waals surface area contributed by atoms with Gasteiger partial charge in [0.15, 0.2) is 0 Å². The summed E-state index contributed by atoms with van der Waals surface area (Å²) >= 11 is 0. The van der Waals surface area contributed by atoms with Crippen molar-refractivity contribution in [3.8, 4) is 5.75 Å². The van der Waals surface area contributed by atoms with Gasteiger partial charge in [0.25, 0.3) is 0 Å². The van der Waals surface area contributed by atoms with E-state index >= 15 is 0 Å². The van der Waals surface area contributed by atoms with E-state index < -0.39 is 0 Å².